The number of amides is 1. The lowest BCUT2D eigenvalue weighted by atomic mass is 10.2. The number of sulfone groups is 1. The molecule has 2 aliphatic heterocycles. The van der Waals surface area contributed by atoms with Crippen LogP contribution in [0.25, 0.3) is 0 Å². The Kier molecular flexibility index (Phi) is 7.45. The maximum atomic E-state index is 13.3. The summed E-state index contributed by atoms with van der Waals surface area (Å²) in [6.45, 7) is 3.88. The molecule has 2 fully saturated rings. The second-order valence-corrected chi connectivity index (χ2v) is 10.6. The first-order valence-corrected chi connectivity index (χ1v) is 13.0. The lowest BCUT2D eigenvalue weighted by molar-refractivity contribution is -0.131. The molecular formula is C23H30FN3O5S. The third kappa shape index (κ3) is 5.99. The Morgan fingerprint density at radius 1 is 1.15 bits per heavy atom. The van der Waals surface area contributed by atoms with Gasteiger partial charge in [-0.3, -0.25) is 4.79 Å². The number of carbonyl (C=O) groups is 1. The van der Waals surface area contributed by atoms with Gasteiger partial charge in [-0.25, -0.2) is 17.8 Å². The average molecular weight is 480 g/mol. The summed E-state index contributed by atoms with van der Waals surface area (Å²) in [5.74, 6) is -0.818. The van der Waals surface area contributed by atoms with Gasteiger partial charge in [0.25, 0.3) is 0 Å². The highest BCUT2D eigenvalue weighted by Gasteiger charge is 2.29. The second kappa shape index (κ2) is 10.3. The van der Waals surface area contributed by atoms with Crippen molar-refractivity contribution in [3.8, 4) is 0 Å². The van der Waals surface area contributed by atoms with Crippen molar-refractivity contribution in [2.24, 2.45) is 0 Å². The van der Waals surface area contributed by atoms with Crippen LogP contribution in [0.3, 0.4) is 0 Å². The van der Waals surface area contributed by atoms with E-state index in [4.69, 9.17) is 9.47 Å². The quantitative estimate of drug-likeness (QED) is 0.549. The largest absolute Gasteiger partial charge is 0.376 e. The third-order valence-electron chi connectivity index (χ3n) is 6.11. The first kappa shape index (κ1) is 23.8. The lowest BCUT2D eigenvalue weighted by Crippen LogP contribution is -2.36. The van der Waals surface area contributed by atoms with Crippen molar-refractivity contribution in [1.82, 2.24) is 14.5 Å². The van der Waals surface area contributed by atoms with Crippen LogP contribution in [0.5, 0.6) is 0 Å². The molecule has 2 aromatic rings. The molecular weight excluding hydrogens is 449 g/mol. The molecule has 0 bridgehead atoms. The molecule has 180 valence electrons. The molecule has 8 nitrogen and oxygen atoms in total. The number of nitrogens with zero attached hydrogens (tertiary/aromatic N) is 3. The minimum Gasteiger partial charge on any atom is -0.376 e. The van der Waals surface area contributed by atoms with Crippen molar-refractivity contribution < 1.29 is 27.1 Å². The number of ether oxygens (including phenoxy) is 2. The van der Waals surface area contributed by atoms with Crippen molar-refractivity contribution >= 4 is 15.7 Å². The first-order valence-electron chi connectivity index (χ1n) is 11.3. The maximum Gasteiger partial charge on any atom is 0.228 e. The topological polar surface area (TPSA) is 90.7 Å². The summed E-state index contributed by atoms with van der Waals surface area (Å²) in [4.78, 5) is 18.3. The van der Waals surface area contributed by atoms with E-state index in [-0.39, 0.29) is 35.6 Å². The Morgan fingerprint density at radius 2 is 1.82 bits per heavy atom. The van der Waals surface area contributed by atoms with E-state index in [9.17, 15) is 17.6 Å². The zero-order valence-corrected chi connectivity index (χ0v) is 19.6. The van der Waals surface area contributed by atoms with E-state index in [0.29, 0.717) is 37.6 Å². The number of hydrogen-bond donors (Lipinski definition) is 0. The van der Waals surface area contributed by atoms with Gasteiger partial charge in [0, 0.05) is 26.7 Å². The molecule has 0 spiro atoms. The Morgan fingerprint density at radius 3 is 2.42 bits per heavy atom. The Bertz CT molecular complexity index is 1060. The highest BCUT2D eigenvalue weighted by molar-refractivity contribution is 7.90. The van der Waals surface area contributed by atoms with Crippen LogP contribution in [0.1, 0.15) is 43.9 Å². The van der Waals surface area contributed by atoms with Gasteiger partial charge in [0.15, 0.2) is 0 Å². The minimum absolute atomic E-state index is 0.00915. The summed E-state index contributed by atoms with van der Waals surface area (Å²) in [7, 11) is -3.81. The molecule has 10 heteroatoms. The molecule has 1 aromatic heterocycles. The fraction of sp³-hybridized carbons (Fsp3) is 0.565. The van der Waals surface area contributed by atoms with E-state index in [0.717, 1.165) is 25.7 Å². The SMILES string of the molecule is CC(=O)N(Cc1cnc(S(=O)(=O)Cc2ccc(F)cc2)n1C[C@@H]1CCCO1)C[C@@H]1CCCO1. The van der Waals surface area contributed by atoms with Gasteiger partial charge in [0.2, 0.25) is 20.9 Å². The van der Waals surface area contributed by atoms with Gasteiger partial charge in [0.05, 0.1) is 42.9 Å². The molecule has 0 radical (unpaired) electrons. The van der Waals surface area contributed by atoms with Crippen molar-refractivity contribution in [3.05, 3.63) is 47.5 Å². The van der Waals surface area contributed by atoms with Gasteiger partial charge >= 0.3 is 0 Å². The molecule has 0 aliphatic carbocycles. The van der Waals surface area contributed by atoms with Crippen LogP contribution in [0.4, 0.5) is 4.39 Å². The van der Waals surface area contributed by atoms with Crippen molar-refractivity contribution in [3.63, 3.8) is 0 Å². The molecule has 2 aliphatic rings. The normalized spacial score (nSPS) is 20.9. The number of rotatable bonds is 9. The van der Waals surface area contributed by atoms with Crippen LogP contribution >= 0.6 is 0 Å². The minimum atomic E-state index is -3.81. The molecule has 3 heterocycles. The predicted molar refractivity (Wildman–Crippen MR) is 119 cm³/mol. The zero-order valence-electron chi connectivity index (χ0n) is 18.8. The zero-order chi connectivity index (χ0) is 23.4. The summed E-state index contributed by atoms with van der Waals surface area (Å²) in [5, 5.41) is -0.0575. The van der Waals surface area contributed by atoms with E-state index in [1.54, 1.807) is 9.47 Å². The van der Waals surface area contributed by atoms with E-state index < -0.39 is 15.7 Å². The van der Waals surface area contributed by atoms with Gasteiger partial charge in [-0.15, -0.1) is 0 Å². The van der Waals surface area contributed by atoms with Crippen LogP contribution in [0, 0.1) is 5.82 Å². The summed E-state index contributed by atoms with van der Waals surface area (Å²) < 4.78 is 52.9. The number of imidazole rings is 1. The van der Waals surface area contributed by atoms with E-state index in [1.807, 2.05) is 0 Å². The molecule has 0 unspecified atom stereocenters. The molecule has 0 N–H and O–H groups in total. The molecule has 4 rings (SSSR count). The smallest absolute Gasteiger partial charge is 0.228 e. The van der Waals surface area contributed by atoms with Crippen LogP contribution in [0.2, 0.25) is 0 Å². The van der Waals surface area contributed by atoms with Gasteiger partial charge in [-0.2, -0.15) is 0 Å². The van der Waals surface area contributed by atoms with Crippen LogP contribution in [-0.2, 0) is 42.9 Å². The van der Waals surface area contributed by atoms with Gasteiger partial charge in [-0.05, 0) is 43.4 Å². The standard InChI is InChI=1S/C23H30FN3O5S/c1-17(28)26(14-21-4-2-10-31-21)13-20-12-25-23(27(20)15-22-5-3-11-32-22)33(29,30)16-18-6-8-19(24)9-7-18/h6-9,12,21-22H,2-5,10-11,13-16H2,1H3/t21-,22-/m0/s1. The second-order valence-electron chi connectivity index (χ2n) is 8.70. The van der Waals surface area contributed by atoms with E-state index in [2.05, 4.69) is 4.98 Å². The first-order chi connectivity index (χ1) is 15.8. The summed E-state index contributed by atoms with van der Waals surface area (Å²) in [5.41, 5.74) is 1.12. The Labute approximate surface area is 193 Å². The fourth-order valence-corrected chi connectivity index (χ4v) is 5.85. The van der Waals surface area contributed by atoms with E-state index in [1.165, 1.54) is 37.4 Å². The number of halogens is 1. The summed E-state index contributed by atoms with van der Waals surface area (Å²) >= 11 is 0. The van der Waals surface area contributed by atoms with E-state index >= 15 is 0 Å². The monoisotopic (exact) mass is 479 g/mol. The average Bonchev–Trinajstić information content (AvgIpc) is 3.53. The van der Waals surface area contributed by atoms with Crippen molar-refractivity contribution in [2.75, 3.05) is 19.8 Å². The third-order valence-corrected chi connectivity index (χ3v) is 7.70. The van der Waals surface area contributed by atoms with Crippen molar-refractivity contribution in [1.29, 1.82) is 0 Å². The molecule has 2 saturated heterocycles. The molecule has 1 amide bonds. The molecule has 2 atom stereocenters. The van der Waals surface area contributed by atoms with Crippen LogP contribution in [-0.4, -0.2) is 60.7 Å². The molecule has 33 heavy (non-hydrogen) atoms. The number of benzene rings is 1. The van der Waals surface area contributed by atoms with Gasteiger partial charge in [-0.1, -0.05) is 12.1 Å². The number of hydrogen-bond acceptors (Lipinski definition) is 6. The number of carbonyl (C=O) groups excluding carboxylic acids is 1. The highest BCUT2D eigenvalue weighted by Crippen LogP contribution is 2.23. The van der Waals surface area contributed by atoms with Crippen molar-refractivity contribution in [2.45, 2.75) is 68.8 Å². The van der Waals surface area contributed by atoms with Crippen LogP contribution < -0.4 is 0 Å². The molecule has 1 aromatic carbocycles. The Balaban J connectivity index is 1.61. The Hall–Kier alpha value is -2.30. The summed E-state index contributed by atoms with van der Waals surface area (Å²) in [6, 6.07) is 5.40. The van der Waals surface area contributed by atoms with Gasteiger partial charge < -0.3 is 18.9 Å². The fourth-order valence-electron chi connectivity index (χ4n) is 4.35. The number of aromatic nitrogens is 2. The van der Waals surface area contributed by atoms with Gasteiger partial charge in [0.1, 0.15) is 5.82 Å². The highest BCUT2D eigenvalue weighted by atomic mass is 32.2. The molecule has 0 saturated carbocycles. The maximum absolute atomic E-state index is 13.3. The summed E-state index contributed by atoms with van der Waals surface area (Å²) in [6.07, 6.45) is 5.03. The van der Waals surface area contributed by atoms with Crippen LogP contribution in [0.15, 0.2) is 35.6 Å². The predicted octanol–water partition coefficient (Wildman–Crippen LogP) is 2.70. The lowest BCUT2D eigenvalue weighted by Gasteiger charge is -2.25.